The highest BCUT2D eigenvalue weighted by Crippen LogP contribution is 2.72. The van der Waals surface area contributed by atoms with Crippen molar-refractivity contribution in [3.8, 4) is 0 Å². The summed E-state index contributed by atoms with van der Waals surface area (Å²) in [6.45, 7) is 4.40. The van der Waals surface area contributed by atoms with E-state index in [2.05, 4.69) is 31.3 Å². The number of benzene rings is 2. The molecular formula is C19H18ClNO. The smallest absolute Gasteiger partial charge is 0.236 e. The average Bonchev–Trinajstić information content (AvgIpc) is 3.13. The highest BCUT2D eigenvalue weighted by atomic mass is 35.5. The number of amides is 1. The molecule has 1 heterocycles. The van der Waals surface area contributed by atoms with Gasteiger partial charge in [0.15, 0.2) is 0 Å². The van der Waals surface area contributed by atoms with Crippen molar-refractivity contribution in [2.75, 3.05) is 5.32 Å². The molecule has 2 nitrogen and oxygen atoms in total. The number of carbonyl (C=O) groups is 1. The molecule has 2 aromatic rings. The van der Waals surface area contributed by atoms with Crippen LogP contribution >= 0.6 is 11.6 Å². The quantitative estimate of drug-likeness (QED) is 0.867. The van der Waals surface area contributed by atoms with Gasteiger partial charge < -0.3 is 5.32 Å². The van der Waals surface area contributed by atoms with E-state index in [1.165, 1.54) is 5.56 Å². The second-order valence-corrected chi connectivity index (χ2v) is 7.15. The minimum Gasteiger partial charge on any atom is -0.325 e. The van der Waals surface area contributed by atoms with E-state index >= 15 is 0 Å². The molecule has 0 radical (unpaired) electrons. The van der Waals surface area contributed by atoms with E-state index < -0.39 is 5.41 Å². The molecule has 2 aliphatic rings. The Morgan fingerprint density at radius 3 is 2.64 bits per heavy atom. The second kappa shape index (κ2) is 4.36. The summed E-state index contributed by atoms with van der Waals surface area (Å²) in [5, 5.41) is 3.80. The second-order valence-electron chi connectivity index (χ2n) is 6.72. The van der Waals surface area contributed by atoms with Crippen LogP contribution in [0.5, 0.6) is 0 Å². The zero-order valence-corrected chi connectivity index (χ0v) is 13.4. The van der Waals surface area contributed by atoms with Gasteiger partial charge in [-0.15, -0.1) is 0 Å². The summed E-state index contributed by atoms with van der Waals surface area (Å²) in [4.78, 5) is 12.8. The normalized spacial score (nSPS) is 28.8. The predicted molar refractivity (Wildman–Crippen MR) is 89.3 cm³/mol. The molecule has 3 heteroatoms. The summed E-state index contributed by atoms with van der Waals surface area (Å²) in [6.07, 6.45) is 0.848. The van der Waals surface area contributed by atoms with Gasteiger partial charge in [-0.3, -0.25) is 4.79 Å². The summed E-state index contributed by atoms with van der Waals surface area (Å²) in [5.41, 5.74) is 2.64. The van der Waals surface area contributed by atoms with Crippen molar-refractivity contribution in [1.29, 1.82) is 0 Å². The van der Waals surface area contributed by atoms with Crippen LogP contribution in [0.2, 0.25) is 5.02 Å². The molecule has 1 spiro atoms. The summed E-state index contributed by atoms with van der Waals surface area (Å²) in [6, 6.07) is 16.0. The first-order valence-corrected chi connectivity index (χ1v) is 8.07. The first-order chi connectivity index (χ1) is 10.5. The Hall–Kier alpha value is -1.80. The lowest BCUT2D eigenvalue weighted by atomic mass is 9.75. The van der Waals surface area contributed by atoms with Crippen molar-refractivity contribution in [3.63, 3.8) is 0 Å². The minimum absolute atomic E-state index is 0.127. The Balaban J connectivity index is 1.94. The van der Waals surface area contributed by atoms with Crippen molar-refractivity contribution >= 4 is 23.2 Å². The molecule has 0 unspecified atom stereocenters. The maximum absolute atomic E-state index is 12.8. The highest BCUT2D eigenvalue weighted by molar-refractivity contribution is 6.30. The van der Waals surface area contributed by atoms with Crippen LogP contribution in [0.4, 0.5) is 5.69 Å². The highest BCUT2D eigenvalue weighted by Gasteiger charge is 2.76. The average molecular weight is 312 g/mol. The van der Waals surface area contributed by atoms with Gasteiger partial charge in [-0.25, -0.2) is 0 Å². The molecule has 1 fully saturated rings. The van der Waals surface area contributed by atoms with Gasteiger partial charge in [0.05, 0.1) is 5.41 Å². The number of halogens is 1. The molecule has 0 bridgehead atoms. The van der Waals surface area contributed by atoms with Crippen LogP contribution in [0.15, 0.2) is 48.5 Å². The van der Waals surface area contributed by atoms with Gasteiger partial charge in [0.2, 0.25) is 5.91 Å². The van der Waals surface area contributed by atoms with E-state index in [0.29, 0.717) is 5.92 Å². The zero-order valence-electron chi connectivity index (χ0n) is 12.7. The molecular weight excluding hydrogens is 294 g/mol. The van der Waals surface area contributed by atoms with Crippen LogP contribution in [0, 0.1) is 5.92 Å². The Morgan fingerprint density at radius 1 is 1.14 bits per heavy atom. The fourth-order valence-corrected chi connectivity index (χ4v) is 4.64. The maximum Gasteiger partial charge on any atom is 0.236 e. The topological polar surface area (TPSA) is 29.1 Å². The Kier molecular flexibility index (Phi) is 2.74. The van der Waals surface area contributed by atoms with Crippen LogP contribution < -0.4 is 5.32 Å². The molecule has 0 aromatic heterocycles. The number of anilines is 1. The van der Waals surface area contributed by atoms with Crippen LogP contribution in [0.25, 0.3) is 0 Å². The fourth-order valence-electron chi connectivity index (χ4n) is 4.45. The lowest BCUT2D eigenvalue weighted by molar-refractivity contribution is -0.118. The number of fused-ring (bicyclic) bond motifs is 2. The number of carbonyl (C=O) groups excluding carboxylic acids is 1. The van der Waals surface area contributed by atoms with Crippen LogP contribution in [0.3, 0.4) is 0 Å². The number of hydrogen-bond donors (Lipinski definition) is 1. The van der Waals surface area contributed by atoms with E-state index in [1.54, 1.807) is 0 Å². The predicted octanol–water partition coefficient (Wildman–Crippen LogP) is 4.53. The molecule has 112 valence electrons. The van der Waals surface area contributed by atoms with E-state index in [4.69, 9.17) is 11.6 Å². The molecule has 0 saturated heterocycles. The molecule has 1 amide bonds. The monoisotopic (exact) mass is 311 g/mol. The lowest BCUT2D eigenvalue weighted by Gasteiger charge is -2.26. The van der Waals surface area contributed by atoms with Crippen LogP contribution in [-0.4, -0.2) is 5.91 Å². The molecule has 4 rings (SSSR count). The Labute approximate surface area is 135 Å². The Morgan fingerprint density at radius 2 is 1.91 bits per heavy atom. The van der Waals surface area contributed by atoms with Gasteiger partial charge in [-0.2, -0.15) is 0 Å². The standard InChI is InChI=1S/C19H18ClNO/c1-12(2)18(13-6-5-7-14(20)10-13)11-19(18)15-8-3-4-9-16(15)21-17(19)22/h3-10,12H,11H2,1-2H3,(H,21,22)/t18-,19-/m0/s1. The maximum atomic E-state index is 12.8. The fraction of sp³-hybridized carbons (Fsp3) is 0.316. The first kappa shape index (κ1) is 13.8. The molecule has 1 aliphatic heterocycles. The van der Waals surface area contributed by atoms with Gasteiger partial charge in [0.25, 0.3) is 0 Å². The van der Waals surface area contributed by atoms with E-state index in [1.807, 2.05) is 36.4 Å². The van der Waals surface area contributed by atoms with Crippen molar-refractivity contribution in [1.82, 2.24) is 0 Å². The summed E-state index contributed by atoms with van der Waals surface area (Å²) in [5.74, 6) is 0.477. The van der Waals surface area contributed by atoms with Crippen molar-refractivity contribution in [2.45, 2.75) is 31.1 Å². The number of para-hydroxylation sites is 1. The molecule has 2 atom stereocenters. The van der Waals surface area contributed by atoms with Crippen LogP contribution in [0.1, 0.15) is 31.4 Å². The largest absolute Gasteiger partial charge is 0.325 e. The Bertz CT molecular complexity index is 785. The molecule has 1 N–H and O–H groups in total. The number of rotatable bonds is 2. The molecule has 1 saturated carbocycles. The SMILES string of the molecule is CC(C)[C@]1(c2cccc(Cl)c2)C[C@]12C(=O)Nc1ccccc12. The summed E-state index contributed by atoms with van der Waals surface area (Å²) >= 11 is 6.21. The number of hydrogen-bond acceptors (Lipinski definition) is 1. The van der Waals surface area contributed by atoms with E-state index in [0.717, 1.165) is 22.7 Å². The molecule has 2 aromatic carbocycles. The van der Waals surface area contributed by atoms with Gasteiger partial charge in [-0.05, 0) is 41.7 Å². The first-order valence-electron chi connectivity index (χ1n) is 7.69. The third-order valence-electron chi connectivity index (χ3n) is 5.53. The van der Waals surface area contributed by atoms with Gasteiger partial charge in [0.1, 0.15) is 0 Å². The molecule has 22 heavy (non-hydrogen) atoms. The molecule has 1 aliphatic carbocycles. The van der Waals surface area contributed by atoms with Crippen molar-refractivity contribution in [3.05, 3.63) is 64.7 Å². The van der Waals surface area contributed by atoms with Crippen molar-refractivity contribution < 1.29 is 4.79 Å². The van der Waals surface area contributed by atoms with E-state index in [9.17, 15) is 4.79 Å². The third kappa shape index (κ3) is 1.49. The van der Waals surface area contributed by atoms with Gasteiger partial charge in [-0.1, -0.05) is 55.8 Å². The minimum atomic E-state index is -0.442. The van der Waals surface area contributed by atoms with Gasteiger partial charge in [0, 0.05) is 16.1 Å². The zero-order chi connectivity index (χ0) is 15.5. The van der Waals surface area contributed by atoms with Crippen LogP contribution in [-0.2, 0) is 15.6 Å². The lowest BCUT2D eigenvalue weighted by Crippen LogP contribution is -2.33. The number of nitrogens with one attached hydrogen (secondary N) is 1. The third-order valence-corrected chi connectivity index (χ3v) is 5.76. The van der Waals surface area contributed by atoms with Gasteiger partial charge >= 0.3 is 0 Å². The van der Waals surface area contributed by atoms with E-state index in [-0.39, 0.29) is 11.3 Å². The van der Waals surface area contributed by atoms with Crippen molar-refractivity contribution in [2.24, 2.45) is 5.92 Å². The summed E-state index contributed by atoms with van der Waals surface area (Å²) in [7, 11) is 0. The summed E-state index contributed by atoms with van der Waals surface area (Å²) < 4.78 is 0.